The van der Waals surface area contributed by atoms with Gasteiger partial charge in [-0.15, -0.1) is 0 Å². The molecule has 0 amide bonds. The molecule has 3 nitrogen and oxygen atoms in total. The van der Waals surface area contributed by atoms with Gasteiger partial charge in [-0.05, 0) is 57.5 Å². The molecule has 1 atom stereocenters. The third-order valence-corrected chi connectivity index (χ3v) is 3.53. The summed E-state index contributed by atoms with van der Waals surface area (Å²) in [5.74, 6) is 0. The third-order valence-electron chi connectivity index (χ3n) is 3.53. The fourth-order valence-electron chi connectivity index (χ4n) is 2.56. The maximum Gasteiger partial charge on any atom is 0.0313 e. The van der Waals surface area contributed by atoms with Crippen LogP contribution in [0.5, 0.6) is 0 Å². The Morgan fingerprint density at radius 3 is 3.06 bits per heavy atom. The Kier molecular flexibility index (Phi) is 4.51. The van der Waals surface area contributed by atoms with E-state index >= 15 is 0 Å². The number of aromatic nitrogens is 1. The minimum atomic E-state index is 0.713. The highest BCUT2D eigenvalue weighted by Gasteiger charge is 2.16. The molecule has 0 aromatic carbocycles. The third kappa shape index (κ3) is 3.79. The van der Waals surface area contributed by atoms with Gasteiger partial charge in [0.15, 0.2) is 0 Å². The second kappa shape index (κ2) is 6.12. The van der Waals surface area contributed by atoms with E-state index < -0.39 is 0 Å². The lowest BCUT2D eigenvalue weighted by Crippen LogP contribution is -2.32. The van der Waals surface area contributed by atoms with E-state index in [9.17, 15) is 0 Å². The predicted molar refractivity (Wildman–Crippen MR) is 70.9 cm³/mol. The molecule has 0 spiro atoms. The van der Waals surface area contributed by atoms with E-state index in [1.807, 2.05) is 12.4 Å². The van der Waals surface area contributed by atoms with Gasteiger partial charge < -0.3 is 5.32 Å². The standard InChI is InChI=1S/C14H23N3/c1-12-8-13(10-16-9-12)11-17(2)14-4-3-6-15-7-5-14/h8-10,14-15H,3-7,11H2,1-2H3. The Morgan fingerprint density at radius 2 is 2.24 bits per heavy atom. The molecule has 0 radical (unpaired) electrons. The van der Waals surface area contributed by atoms with Crippen LogP contribution in [-0.4, -0.2) is 36.1 Å². The number of nitrogens with one attached hydrogen (secondary N) is 1. The summed E-state index contributed by atoms with van der Waals surface area (Å²) in [6.45, 7) is 5.45. The Labute approximate surface area is 104 Å². The molecule has 1 aromatic heterocycles. The summed E-state index contributed by atoms with van der Waals surface area (Å²) >= 11 is 0. The van der Waals surface area contributed by atoms with Crippen LogP contribution >= 0.6 is 0 Å². The Morgan fingerprint density at radius 1 is 1.35 bits per heavy atom. The van der Waals surface area contributed by atoms with Gasteiger partial charge in [-0.1, -0.05) is 6.07 Å². The Bertz CT molecular complexity index is 343. The first-order valence-electron chi connectivity index (χ1n) is 6.57. The van der Waals surface area contributed by atoms with E-state index in [1.54, 1.807) is 0 Å². The fourth-order valence-corrected chi connectivity index (χ4v) is 2.56. The molecule has 1 saturated heterocycles. The first kappa shape index (κ1) is 12.5. The molecule has 1 fully saturated rings. The summed E-state index contributed by atoms with van der Waals surface area (Å²) in [6.07, 6.45) is 7.76. The van der Waals surface area contributed by atoms with Crippen molar-refractivity contribution >= 4 is 0 Å². The highest BCUT2D eigenvalue weighted by atomic mass is 15.1. The molecule has 2 rings (SSSR count). The number of rotatable bonds is 3. The molecule has 94 valence electrons. The van der Waals surface area contributed by atoms with Crippen molar-refractivity contribution in [3.63, 3.8) is 0 Å². The minimum Gasteiger partial charge on any atom is -0.317 e. The summed E-state index contributed by atoms with van der Waals surface area (Å²) in [4.78, 5) is 6.74. The lowest BCUT2D eigenvalue weighted by molar-refractivity contribution is 0.216. The van der Waals surface area contributed by atoms with Gasteiger partial charge in [-0.3, -0.25) is 9.88 Å². The summed E-state index contributed by atoms with van der Waals surface area (Å²) < 4.78 is 0. The van der Waals surface area contributed by atoms with Crippen LogP contribution in [0.15, 0.2) is 18.5 Å². The van der Waals surface area contributed by atoms with Gasteiger partial charge in [0.2, 0.25) is 0 Å². The lowest BCUT2D eigenvalue weighted by Gasteiger charge is -2.26. The summed E-state index contributed by atoms with van der Waals surface area (Å²) in [7, 11) is 2.23. The summed E-state index contributed by atoms with van der Waals surface area (Å²) in [6, 6.07) is 2.95. The molecule has 1 N–H and O–H groups in total. The predicted octanol–water partition coefficient (Wildman–Crippen LogP) is 1.96. The van der Waals surface area contributed by atoms with Gasteiger partial charge in [0.05, 0.1) is 0 Å². The maximum absolute atomic E-state index is 4.26. The van der Waals surface area contributed by atoms with Crippen LogP contribution in [0.4, 0.5) is 0 Å². The van der Waals surface area contributed by atoms with Gasteiger partial charge >= 0.3 is 0 Å². The van der Waals surface area contributed by atoms with Crippen molar-refractivity contribution in [3.8, 4) is 0 Å². The van der Waals surface area contributed by atoms with Crippen LogP contribution in [0.3, 0.4) is 0 Å². The highest BCUT2D eigenvalue weighted by Crippen LogP contribution is 2.14. The van der Waals surface area contributed by atoms with Crippen LogP contribution in [0.25, 0.3) is 0 Å². The zero-order chi connectivity index (χ0) is 12.1. The van der Waals surface area contributed by atoms with Crippen LogP contribution in [0.1, 0.15) is 30.4 Å². The molecule has 2 heterocycles. The molecule has 1 aliphatic heterocycles. The van der Waals surface area contributed by atoms with Crippen molar-refractivity contribution in [2.75, 3.05) is 20.1 Å². The number of aryl methyl sites for hydroxylation is 1. The molecule has 17 heavy (non-hydrogen) atoms. The molecule has 1 aliphatic rings. The molecule has 0 aliphatic carbocycles. The quantitative estimate of drug-likeness (QED) is 0.865. The SMILES string of the molecule is Cc1cncc(CN(C)C2CCCNCC2)c1. The molecule has 3 heteroatoms. The van der Waals surface area contributed by atoms with Gasteiger partial charge in [-0.25, -0.2) is 0 Å². The number of hydrogen-bond acceptors (Lipinski definition) is 3. The Balaban J connectivity index is 1.93. The molecule has 0 bridgehead atoms. The smallest absolute Gasteiger partial charge is 0.0313 e. The average molecular weight is 233 g/mol. The first-order valence-corrected chi connectivity index (χ1v) is 6.57. The van der Waals surface area contributed by atoms with Crippen molar-refractivity contribution in [2.24, 2.45) is 0 Å². The maximum atomic E-state index is 4.26. The normalized spacial score (nSPS) is 21.5. The number of pyridine rings is 1. The molecular formula is C14H23N3. The summed E-state index contributed by atoms with van der Waals surface area (Å²) in [5, 5.41) is 3.47. The second-order valence-electron chi connectivity index (χ2n) is 5.12. The first-order chi connectivity index (χ1) is 8.25. The van der Waals surface area contributed by atoms with Crippen LogP contribution < -0.4 is 5.32 Å². The van der Waals surface area contributed by atoms with Crippen molar-refractivity contribution in [3.05, 3.63) is 29.6 Å². The van der Waals surface area contributed by atoms with Crippen molar-refractivity contribution in [1.29, 1.82) is 0 Å². The largest absolute Gasteiger partial charge is 0.317 e. The lowest BCUT2D eigenvalue weighted by atomic mass is 10.1. The minimum absolute atomic E-state index is 0.713. The van der Waals surface area contributed by atoms with Gasteiger partial charge in [0.25, 0.3) is 0 Å². The molecule has 1 unspecified atom stereocenters. The van der Waals surface area contributed by atoms with Gasteiger partial charge in [0, 0.05) is 25.0 Å². The topological polar surface area (TPSA) is 28.2 Å². The van der Waals surface area contributed by atoms with E-state index in [4.69, 9.17) is 0 Å². The monoisotopic (exact) mass is 233 g/mol. The van der Waals surface area contributed by atoms with E-state index in [-0.39, 0.29) is 0 Å². The van der Waals surface area contributed by atoms with E-state index in [2.05, 4.69) is 35.2 Å². The van der Waals surface area contributed by atoms with Crippen LogP contribution in [-0.2, 0) is 6.54 Å². The van der Waals surface area contributed by atoms with Gasteiger partial charge in [-0.2, -0.15) is 0 Å². The van der Waals surface area contributed by atoms with E-state index in [0.29, 0.717) is 6.04 Å². The molecule has 0 saturated carbocycles. The number of nitrogens with zero attached hydrogens (tertiary/aromatic N) is 2. The Hall–Kier alpha value is -0.930. The van der Waals surface area contributed by atoms with Crippen molar-refractivity contribution in [1.82, 2.24) is 15.2 Å². The van der Waals surface area contributed by atoms with Crippen LogP contribution in [0, 0.1) is 6.92 Å². The number of hydrogen-bond donors (Lipinski definition) is 1. The van der Waals surface area contributed by atoms with Crippen molar-refractivity contribution < 1.29 is 0 Å². The highest BCUT2D eigenvalue weighted by molar-refractivity contribution is 5.16. The molecule has 1 aromatic rings. The zero-order valence-electron chi connectivity index (χ0n) is 10.9. The fraction of sp³-hybridized carbons (Fsp3) is 0.643. The second-order valence-corrected chi connectivity index (χ2v) is 5.12. The van der Waals surface area contributed by atoms with Crippen LogP contribution in [0.2, 0.25) is 0 Å². The average Bonchev–Trinajstić information content (AvgIpc) is 2.57. The molecular weight excluding hydrogens is 210 g/mol. The summed E-state index contributed by atoms with van der Waals surface area (Å²) in [5.41, 5.74) is 2.57. The zero-order valence-corrected chi connectivity index (χ0v) is 10.9. The van der Waals surface area contributed by atoms with E-state index in [0.717, 1.165) is 13.1 Å². The van der Waals surface area contributed by atoms with E-state index in [1.165, 1.54) is 36.9 Å². The van der Waals surface area contributed by atoms with Crippen molar-refractivity contribution in [2.45, 2.75) is 38.8 Å². The van der Waals surface area contributed by atoms with Gasteiger partial charge in [0.1, 0.15) is 0 Å².